The highest BCUT2D eigenvalue weighted by Gasteiger charge is 2.17. The van der Waals surface area contributed by atoms with Gasteiger partial charge in [-0.2, -0.15) is 0 Å². The van der Waals surface area contributed by atoms with E-state index in [0.717, 1.165) is 41.1 Å². The summed E-state index contributed by atoms with van der Waals surface area (Å²) in [6.45, 7) is 2.14. The summed E-state index contributed by atoms with van der Waals surface area (Å²) >= 11 is 0. The summed E-state index contributed by atoms with van der Waals surface area (Å²) in [5.74, 6) is 2.19. The number of nitrogens with two attached hydrogens (primary N) is 2. The van der Waals surface area contributed by atoms with Gasteiger partial charge in [0.2, 0.25) is 6.29 Å². The molecule has 4 rings (SSSR count). The molecule has 0 atom stereocenters. The Morgan fingerprint density at radius 3 is 1.76 bits per heavy atom. The summed E-state index contributed by atoms with van der Waals surface area (Å²) < 4.78 is 12.5. The first-order valence-electron chi connectivity index (χ1n) is 9.78. The van der Waals surface area contributed by atoms with Crippen LogP contribution in [0, 0.1) is 0 Å². The number of ether oxygens (including phenoxy) is 2. The van der Waals surface area contributed by atoms with Crippen molar-refractivity contribution in [1.82, 2.24) is 9.97 Å². The zero-order valence-corrected chi connectivity index (χ0v) is 16.3. The summed E-state index contributed by atoms with van der Waals surface area (Å²) in [6.07, 6.45) is 2.24. The fourth-order valence-electron chi connectivity index (χ4n) is 3.26. The first-order chi connectivity index (χ1) is 14.1. The van der Waals surface area contributed by atoms with E-state index in [1.165, 1.54) is 0 Å². The van der Waals surface area contributed by atoms with Crippen LogP contribution in [0.1, 0.15) is 26.2 Å². The van der Waals surface area contributed by atoms with Crippen molar-refractivity contribution in [3.8, 4) is 11.5 Å². The number of rotatable bonds is 7. The average molecular weight is 388 g/mol. The van der Waals surface area contributed by atoms with E-state index < -0.39 is 6.29 Å². The van der Waals surface area contributed by atoms with Gasteiger partial charge in [-0.05, 0) is 42.8 Å². The van der Waals surface area contributed by atoms with E-state index in [1.807, 2.05) is 48.5 Å². The fraction of sp³-hybridized carbons (Fsp3) is 0.217. The van der Waals surface area contributed by atoms with Gasteiger partial charge in [0.15, 0.2) is 0 Å². The van der Waals surface area contributed by atoms with Crippen LogP contribution in [0.5, 0.6) is 11.5 Å². The van der Waals surface area contributed by atoms with Crippen molar-refractivity contribution in [1.29, 1.82) is 0 Å². The molecular formula is C23H24N4O2. The van der Waals surface area contributed by atoms with Crippen molar-refractivity contribution in [3.05, 3.63) is 60.7 Å². The molecule has 6 heteroatoms. The van der Waals surface area contributed by atoms with Crippen LogP contribution < -0.4 is 20.9 Å². The van der Waals surface area contributed by atoms with E-state index in [-0.39, 0.29) is 0 Å². The van der Waals surface area contributed by atoms with Gasteiger partial charge < -0.3 is 20.9 Å². The number of pyridine rings is 2. The summed E-state index contributed by atoms with van der Waals surface area (Å²) in [5.41, 5.74) is 13.2. The molecule has 0 spiro atoms. The number of benzene rings is 2. The normalized spacial score (nSPS) is 11.2. The zero-order chi connectivity index (χ0) is 20.2. The van der Waals surface area contributed by atoms with E-state index in [0.29, 0.717) is 23.1 Å². The second-order valence-corrected chi connectivity index (χ2v) is 6.94. The van der Waals surface area contributed by atoms with Crippen LogP contribution in [0.2, 0.25) is 0 Å². The van der Waals surface area contributed by atoms with Crippen LogP contribution in [-0.4, -0.2) is 16.3 Å². The van der Waals surface area contributed by atoms with Crippen LogP contribution in [-0.2, 0) is 0 Å². The molecule has 0 bridgehead atoms. The molecule has 29 heavy (non-hydrogen) atoms. The largest absolute Gasteiger partial charge is 0.453 e. The molecule has 0 aliphatic heterocycles. The lowest BCUT2D eigenvalue weighted by Gasteiger charge is -2.22. The van der Waals surface area contributed by atoms with Gasteiger partial charge >= 0.3 is 0 Å². The van der Waals surface area contributed by atoms with E-state index >= 15 is 0 Å². The van der Waals surface area contributed by atoms with Gasteiger partial charge in [-0.1, -0.05) is 37.6 Å². The molecule has 0 saturated heterocycles. The molecule has 0 radical (unpaired) electrons. The molecule has 4 N–H and O–H groups in total. The minimum atomic E-state index is -0.488. The number of para-hydroxylation sites is 2. The third kappa shape index (κ3) is 4.16. The molecule has 2 aromatic carbocycles. The van der Waals surface area contributed by atoms with Crippen molar-refractivity contribution in [2.45, 2.75) is 32.5 Å². The Balaban J connectivity index is 1.68. The predicted molar refractivity (Wildman–Crippen MR) is 117 cm³/mol. The number of fused-ring (bicyclic) bond motifs is 2. The van der Waals surface area contributed by atoms with Gasteiger partial charge in [0.1, 0.15) is 34.2 Å². The Hall–Kier alpha value is -3.54. The van der Waals surface area contributed by atoms with Crippen LogP contribution in [0.3, 0.4) is 0 Å². The quantitative estimate of drug-likeness (QED) is 0.436. The number of anilines is 2. The second kappa shape index (κ2) is 8.22. The molecule has 0 fully saturated rings. The van der Waals surface area contributed by atoms with Gasteiger partial charge in [0.25, 0.3) is 0 Å². The van der Waals surface area contributed by atoms with Gasteiger partial charge in [0, 0.05) is 17.2 Å². The van der Waals surface area contributed by atoms with Gasteiger partial charge in [0.05, 0.1) is 0 Å². The minimum absolute atomic E-state index is 0.452. The van der Waals surface area contributed by atoms with E-state index in [2.05, 4.69) is 16.9 Å². The Morgan fingerprint density at radius 1 is 0.759 bits per heavy atom. The molecule has 2 aromatic heterocycles. The topological polar surface area (TPSA) is 96.3 Å². The summed E-state index contributed by atoms with van der Waals surface area (Å²) in [6, 6.07) is 19.0. The lowest BCUT2D eigenvalue weighted by Crippen LogP contribution is -2.24. The smallest absolute Gasteiger partial charge is 0.241 e. The maximum Gasteiger partial charge on any atom is 0.241 e. The Morgan fingerprint density at radius 2 is 1.28 bits per heavy atom. The van der Waals surface area contributed by atoms with Crippen molar-refractivity contribution >= 4 is 33.4 Å². The van der Waals surface area contributed by atoms with E-state index in [1.54, 1.807) is 12.1 Å². The summed E-state index contributed by atoms with van der Waals surface area (Å²) in [5, 5.41) is 1.93. The number of nitrogens with zero attached hydrogens (tertiary/aromatic N) is 2. The number of hydrogen-bond acceptors (Lipinski definition) is 6. The number of nitrogen functional groups attached to an aromatic ring is 2. The molecule has 0 amide bonds. The predicted octanol–water partition coefficient (Wildman–Crippen LogP) is 4.92. The summed E-state index contributed by atoms with van der Waals surface area (Å²) in [4.78, 5) is 8.89. The van der Waals surface area contributed by atoms with Crippen LogP contribution >= 0.6 is 0 Å². The van der Waals surface area contributed by atoms with Crippen molar-refractivity contribution in [3.63, 3.8) is 0 Å². The van der Waals surface area contributed by atoms with Crippen LogP contribution in [0.25, 0.3) is 21.8 Å². The molecule has 2 heterocycles. The lowest BCUT2D eigenvalue weighted by molar-refractivity contribution is -0.0000985. The molecule has 6 nitrogen and oxygen atoms in total. The Kier molecular flexibility index (Phi) is 5.33. The molecular weight excluding hydrogens is 364 g/mol. The molecule has 148 valence electrons. The molecule has 0 aliphatic rings. The van der Waals surface area contributed by atoms with Crippen LogP contribution in [0.4, 0.5) is 11.6 Å². The maximum absolute atomic E-state index is 6.27. The zero-order valence-electron chi connectivity index (χ0n) is 16.3. The molecule has 0 saturated carbocycles. The maximum atomic E-state index is 6.27. The second-order valence-electron chi connectivity index (χ2n) is 6.94. The molecule has 0 unspecified atom stereocenters. The van der Waals surface area contributed by atoms with Crippen molar-refractivity contribution in [2.75, 3.05) is 11.5 Å². The highest BCUT2D eigenvalue weighted by Crippen LogP contribution is 2.30. The number of unbranched alkanes of at least 4 members (excludes halogenated alkanes) is 1. The minimum Gasteiger partial charge on any atom is -0.453 e. The Labute approximate surface area is 169 Å². The Bertz CT molecular complexity index is 1060. The van der Waals surface area contributed by atoms with Gasteiger partial charge in [-0.15, -0.1) is 0 Å². The third-order valence-corrected chi connectivity index (χ3v) is 4.72. The van der Waals surface area contributed by atoms with Crippen LogP contribution in [0.15, 0.2) is 60.7 Å². The van der Waals surface area contributed by atoms with Crippen molar-refractivity contribution < 1.29 is 9.47 Å². The standard InChI is InChI=1S/C23H24N4O2/c1-2-3-10-21(28-17-8-4-6-15-11-13-19(24)26-22(15)17)29-18-9-5-7-16-12-14-20(25)27-23(16)18/h4-9,11-14,21H,2-3,10H2,1H3,(H2,24,26)(H2,25,27). The monoisotopic (exact) mass is 388 g/mol. The number of aromatic nitrogens is 2. The average Bonchev–Trinajstić information content (AvgIpc) is 2.73. The third-order valence-electron chi connectivity index (χ3n) is 4.72. The summed E-state index contributed by atoms with van der Waals surface area (Å²) in [7, 11) is 0. The molecule has 0 aliphatic carbocycles. The van der Waals surface area contributed by atoms with Gasteiger partial charge in [-0.3, -0.25) is 0 Å². The first kappa shape index (κ1) is 18.8. The van der Waals surface area contributed by atoms with Gasteiger partial charge in [-0.25, -0.2) is 9.97 Å². The van der Waals surface area contributed by atoms with Crippen molar-refractivity contribution in [2.24, 2.45) is 0 Å². The highest BCUT2D eigenvalue weighted by molar-refractivity contribution is 5.86. The fourth-order valence-corrected chi connectivity index (χ4v) is 3.26. The van der Waals surface area contributed by atoms with E-state index in [9.17, 15) is 0 Å². The number of hydrogen-bond donors (Lipinski definition) is 2. The van der Waals surface area contributed by atoms with E-state index in [4.69, 9.17) is 20.9 Å². The SMILES string of the molecule is CCCCC(Oc1cccc2ccc(N)nc12)Oc1cccc2ccc(N)nc12. The highest BCUT2D eigenvalue weighted by atomic mass is 16.7. The first-order valence-corrected chi connectivity index (χ1v) is 9.78. The lowest BCUT2D eigenvalue weighted by atomic mass is 10.2. The molecule has 4 aromatic rings.